The molecule has 5 heteroatoms. The maximum absolute atomic E-state index is 12.5. The molecular formula is C23H17NO4. The van der Waals surface area contributed by atoms with Crippen LogP contribution in [-0.2, 0) is 13.0 Å². The third-order valence-corrected chi connectivity index (χ3v) is 4.69. The monoisotopic (exact) mass is 371 g/mol. The van der Waals surface area contributed by atoms with E-state index < -0.39 is 4.92 Å². The molecule has 0 unspecified atom stereocenters. The van der Waals surface area contributed by atoms with Gasteiger partial charge in [0, 0.05) is 29.7 Å². The standard InChI is InChI=1S/C23H17NO4/c25-23-19(14-18-5-1-2-7-22(18)23)12-17-4-3-6-21(13-17)28-15-16-8-10-20(11-9-16)24(26)27/h1-13H,14-15H2/b19-12+. The van der Waals surface area contributed by atoms with Crippen LogP contribution in [0.3, 0.4) is 0 Å². The number of nitro benzene ring substituents is 1. The highest BCUT2D eigenvalue weighted by Crippen LogP contribution is 2.28. The number of hydrogen-bond acceptors (Lipinski definition) is 4. The Labute approximate surface area is 162 Å². The Balaban J connectivity index is 1.46. The molecular weight excluding hydrogens is 354 g/mol. The van der Waals surface area contributed by atoms with Crippen molar-refractivity contribution in [2.45, 2.75) is 13.0 Å². The molecule has 0 saturated carbocycles. The van der Waals surface area contributed by atoms with Gasteiger partial charge in [0.25, 0.3) is 5.69 Å². The summed E-state index contributed by atoms with van der Waals surface area (Å²) < 4.78 is 5.80. The third-order valence-electron chi connectivity index (χ3n) is 4.69. The molecule has 3 aromatic carbocycles. The molecule has 5 nitrogen and oxygen atoms in total. The smallest absolute Gasteiger partial charge is 0.269 e. The first kappa shape index (κ1) is 17.7. The van der Waals surface area contributed by atoms with Crippen LogP contribution in [-0.4, -0.2) is 10.7 Å². The molecule has 1 aliphatic carbocycles. The van der Waals surface area contributed by atoms with E-state index in [0.29, 0.717) is 18.8 Å². The van der Waals surface area contributed by atoms with E-state index in [-0.39, 0.29) is 11.5 Å². The van der Waals surface area contributed by atoms with Gasteiger partial charge in [-0.2, -0.15) is 0 Å². The van der Waals surface area contributed by atoms with Gasteiger partial charge in [-0.1, -0.05) is 36.4 Å². The highest BCUT2D eigenvalue weighted by molar-refractivity contribution is 6.15. The number of carbonyl (C=O) groups is 1. The molecule has 28 heavy (non-hydrogen) atoms. The van der Waals surface area contributed by atoms with Gasteiger partial charge in [0.2, 0.25) is 0 Å². The molecule has 0 N–H and O–H groups in total. The average molecular weight is 371 g/mol. The summed E-state index contributed by atoms with van der Waals surface area (Å²) in [5.41, 5.74) is 4.41. The zero-order valence-electron chi connectivity index (χ0n) is 15.0. The molecule has 0 atom stereocenters. The topological polar surface area (TPSA) is 69.4 Å². The molecule has 0 bridgehead atoms. The summed E-state index contributed by atoms with van der Waals surface area (Å²) >= 11 is 0. The summed E-state index contributed by atoms with van der Waals surface area (Å²) in [4.78, 5) is 22.8. The molecule has 0 saturated heterocycles. The fraction of sp³-hybridized carbons (Fsp3) is 0.0870. The number of rotatable bonds is 5. The van der Waals surface area contributed by atoms with E-state index in [4.69, 9.17) is 4.74 Å². The van der Waals surface area contributed by atoms with Crippen molar-refractivity contribution in [3.05, 3.63) is 111 Å². The first-order valence-corrected chi connectivity index (χ1v) is 8.89. The minimum absolute atomic E-state index is 0.0552. The van der Waals surface area contributed by atoms with E-state index in [0.717, 1.165) is 27.8 Å². The van der Waals surface area contributed by atoms with Crippen molar-refractivity contribution < 1.29 is 14.5 Å². The zero-order chi connectivity index (χ0) is 19.5. The number of non-ortho nitro benzene ring substituents is 1. The second-order valence-electron chi connectivity index (χ2n) is 6.62. The van der Waals surface area contributed by atoms with Gasteiger partial charge in [0.05, 0.1) is 4.92 Å². The predicted molar refractivity (Wildman–Crippen MR) is 106 cm³/mol. The first-order valence-electron chi connectivity index (χ1n) is 8.89. The minimum Gasteiger partial charge on any atom is -0.489 e. The van der Waals surface area contributed by atoms with E-state index in [1.165, 1.54) is 12.1 Å². The SMILES string of the molecule is O=C1/C(=C/c2cccc(OCc3ccc([N+](=O)[O-])cc3)c2)Cc2ccccc21. The van der Waals surface area contributed by atoms with Gasteiger partial charge in [0.15, 0.2) is 5.78 Å². The largest absolute Gasteiger partial charge is 0.489 e. The number of Topliss-reactive ketones (excluding diaryl/α,β-unsaturated/α-hetero) is 1. The van der Waals surface area contributed by atoms with E-state index in [1.54, 1.807) is 12.1 Å². The summed E-state index contributed by atoms with van der Waals surface area (Å²) in [7, 11) is 0. The third kappa shape index (κ3) is 3.69. The Bertz CT molecular complexity index is 1080. The van der Waals surface area contributed by atoms with Gasteiger partial charge in [0.1, 0.15) is 12.4 Å². The molecule has 138 valence electrons. The minimum atomic E-state index is -0.426. The Morgan fingerprint density at radius 2 is 1.79 bits per heavy atom. The van der Waals surface area contributed by atoms with Crippen molar-refractivity contribution in [3.8, 4) is 5.75 Å². The van der Waals surface area contributed by atoms with Crippen LogP contribution >= 0.6 is 0 Å². The maximum atomic E-state index is 12.5. The van der Waals surface area contributed by atoms with Gasteiger partial charge < -0.3 is 4.74 Å². The van der Waals surface area contributed by atoms with E-state index >= 15 is 0 Å². The Kier molecular flexibility index (Phi) is 4.72. The zero-order valence-corrected chi connectivity index (χ0v) is 15.0. The van der Waals surface area contributed by atoms with Crippen LogP contribution in [0.15, 0.2) is 78.4 Å². The van der Waals surface area contributed by atoms with Crippen molar-refractivity contribution in [2.75, 3.05) is 0 Å². The number of fused-ring (bicyclic) bond motifs is 1. The Morgan fingerprint density at radius 3 is 2.54 bits per heavy atom. The summed E-state index contributed by atoms with van der Waals surface area (Å²) in [6, 6.07) is 21.5. The molecule has 4 rings (SSSR count). The second kappa shape index (κ2) is 7.48. The molecule has 1 aliphatic rings. The Morgan fingerprint density at radius 1 is 1.00 bits per heavy atom. The quantitative estimate of drug-likeness (QED) is 0.360. The van der Waals surface area contributed by atoms with Crippen LogP contribution in [0.5, 0.6) is 5.75 Å². The van der Waals surface area contributed by atoms with Gasteiger partial charge in [-0.3, -0.25) is 14.9 Å². The predicted octanol–water partition coefficient (Wildman–Crippen LogP) is 5.00. The number of hydrogen-bond donors (Lipinski definition) is 0. The van der Waals surface area contributed by atoms with Crippen molar-refractivity contribution in [1.82, 2.24) is 0 Å². The summed E-state index contributed by atoms with van der Waals surface area (Å²) in [5, 5.41) is 10.7. The maximum Gasteiger partial charge on any atom is 0.269 e. The molecule has 3 aromatic rings. The summed E-state index contributed by atoms with van der Waals surface area (Å²) in [6.45, 7) is 0.308. The van der Waals surface area contributed by atoms with Crippen molar-refractivity contribution >= 4 is 17.5 Å². The lowest BCUT2D eigenvalue weighted by Gasteiger charge is -2.07. The second-order valence-corrected chi connectivity index (χ2v) is 6.62. The molecule has 0 aliphatic heterocycles. The first-order chi connectivity index (χ1) is 13.6. The van der Waals surface area contributed by atoms with Crippen LogP contribution in [0.1, 0.15) is 27.0 Å². The normalized spacial score (nSPS) is 14.1. The summed E-state index contributed by atoms with van der Waals surface area (Å²) in [5.74, 6) is 0.753. The number of carbonyl (C=O) groups excluding carboxylic acids is 1. The van der Waals surface area contributed by atoms with Crippen LogP contribution in [0.25, 0.3) is 6.08 Å². The number of nitrogens with zero attached hydrogens (tertiary/aromatic N) is 1. The average Bonchev–Trinajstić information content (AvgIpc) is 3.03. The highest BCUT2D eigenvalue weighted by atomic mass is 16.6. The number of benzene rings is 3. The Hall–Kier alpha value is -3.73. The number of allylic oxidation sites excluding steroid dienone is 1. The van der Waals surface area contributed by atoms with E-state index in [2.05, 4.69) is 0 Å². The molecule has 0 fully saturated rings. The number of nitro groups is 1. The molecule has 0 amide bonds. The molecule has 0 aromatic heterocycles. The fourth-order valence-corrected chi connectivity index (χ4v) is 3.25. The fourth-order valence-electron chi connectivity index (χ4n) is 3.25. The van der Waals surface area contributed by atoms with Gasteiger partial charge in [-0.15, -0.1) is 0 Å². The van der Waals surface area contributed by atoms with Crippen LogP contribution in [0.2, 0.25) is 0 Å². The van der Waals surface area contributed by atoms with E-state index in [9.17, 15) is 14.9 Å². The molecule has 0 heterocycles. The van der Waals surface area contributed by atoms with Crippen molar-refractivity contribution in [2.24, 2.45) is 0 Å². The van der Waals surface area contributed by atoms with Gasteiger partial charge in [-0.25, -0.2) is 0 Å². The van der Waals surface area contributed by atoms with Crippen LogP contribution in [0.4, 0.5) is 5.69 Å². The van der Waals surface area contributed by atoms with Crippen LogP contribution in [0, 0.1) is 10.1 Å². The number of ether oxygens (including phenoxy) is 1. The number of ketones is 1. The lowest BCUT2D eigenvalue weighted by Crippen LogP contribution is -1.97. The van der Waals surface area contributed by atoms with Gasteiger partial charge >= 0.3 is 0 Å². The van der Waals surface area contributed by atoms with Crippen LogP contribution < -0.4 is 4.74 Å². The molecule has 0 spiro atoms. The van der Waals surface area contributed by atoms with Gasteiger partial charge in [-0.05, 0) is 47.0 Å². The summed E-state index contributed by atoms with van der Waals surface area (Å²) in [6.07, 6.45) is 2.55. The lowest BCUT2D eigenvalue weighted by atomic mass is 10.1. The lowest BCUT2D eigenvalue weighted by molar-refractivity contribution is -0.384. The highest BCUT2D eigenvalue weighted by Gasteiger charge is 2.23. The molecule has 0 radical (unpaired) electrons. The van der Waals surface area contributed by atoms with Crippen molar-refractivity contribution in [3.63, 3.8) is 0 Å². The van der Waals surface area contributed by atoms with E-state index in [1.807, 2.05) is 54.6 Å². The van der Waals surface area contributed by atoms with Crippen molar-refractivity contribution in [1.29, 1.82) is 0 Å².